The highest BCUT2D eigenvalue weighted by molar-refractivity contribution is 6.64. The van der Waals surface area contributed by atoms with Gasteiger partial charge in [-0.3, -0.25) is 4.79 Å². The minimum atomic E-state index is -0.344. The molecule has 1 aromatic carbocycles. The molecule has 0 amide bonds. The minimum Gasteiger partial charge on any atom is -0.487 e. The number of ether oxygens (including phenoxy) is 1. The molecular weight excluding hydrogens is 266 g/mol. The van der Waals surface area contributed by atoms with E-state index in [1.165, 1.54) is 0 Å². The van der Waals surface area contributed by atoms with Crippen molar-refractivity contribution in [1.29, 1.82) is 0 Å². The van der Waals surface area contributed by atoms with Gasteiger partial charge in [-0.05, 0) is 60.7 Å². The number of halogens is 1. The van der Waals surface area contributed by atoms with Gasteiger partial charge < -0.3 is 4.74 Å². The molecule has 0 aromatic heterocycles. The molecule has 0 radical (unpaired) electrons. The molecule has 3 rings (SSSR count). The quantitative estimate of drug-likeness (QED) is 0.626. The Bertz CT molecular complexity index is 582. The normalized spacial score (nSPS) is 26.5. The number of rotatable bonds is 3. The lowest BCUT2D eigenvalue weighted by atomic mass is 9.98. The van der Waals surface area contributed by atoms with Gasteiger partial charge in [0.2, 0.25) is 5.24 Å². The lowest BCUT2D eigenvalue weighted by Gasteiger charge is -2.16. The summed E-state index contributed by atoms with van der Waals surface area (Å²) in [6.45, 7) is 4.01. The van der Waals surface area contributed by atoms with E-state index < -0.39 is 0 Å². The van der Waals surface area contributed by atoms with E-state index in [2.05, 4.69) is 5.18 Å². The molecule has 0 spiro atoms. The van der Waals surface area contributed by atoms with E-state index in [4.69, 9.17) is 16.3 Å². The molecule has 100 valence electrons. The molecule has 0 saturated heterocycles. The van der Waals surface area contributed by atoms with E-state index in [1.54, 1.807) is 6.07 Å². The molecule has 0 N–H and O–H groups in total. The number of nitroso groups, excluding NO2 is 1. The summed E-state index contributed by atoms with van der Waals surface area (Å²) in [4.78, 5) is 22.1. The number of carbonyl (C=O) groups is 1. The average molecular weight is 280 g/mol. The third-order valence-electron chi connectivity index (χ3n) is 3.79. The van der Waals surface area contributed by atoms with Crippen molar-refractivity contribution >= 4 is 22.5 Å². The van der Waals surface area contributed by atoms with Crippen molar-refractivity contribution in [3.63, 3.8) is 0 Å². The zero-order valence-electron chi connectivity index (χ0n) is 10.8. The Labute approximate surface area is 116 Å². The van der Waals surface area contributed by atoms with Crippen molar-refractivity contribution in [2.45, 2.75) is 38.2 Å². The molecular formula is C14H14ClNO3. The highest BCUT2D eigenvalue weighted by Crippen LogP contribution is 2.53. The minimum absolute atomic E-state index is 0.00955. The highest BCUT2D eigenvalue weighted by Gasteiger charge is 2.45. The van der Waals surface area contributed by atoms with Crippen LogP contribution in [0.4, 0.5) is 5.69 Å². The lowest BCUT2D eigenvalue weighted by molar-refractivity contribution is -0.112. The Hall–Kier alpha value is -1.42. The Morgan fingerprint density at radius 2 is 2.21 bits per heavy atom. The second-order valence-electron chi connectivity index (χ2n) is 5.90. The maximum atomic E-state index is 11.2. The van der Waals surface area contributed by atoms with Gasteiger partial charge in [0.25, 0.3) is 0 Å². The summed E-state index contributed by atoms with van der Waals surface area (Å²) in [5, 5.41) is 2.75. The topological polar surface area (TPSA) is 55.7 Å². The van der Waals surface area contributed by atoms with E-state index in [9.17, 15) is 9.70 Å². The largest absolute Gasteiger partial charge is 0.487 e. The van der Waals surface area contributed by atoms with Gasteiger partial charge >= 0.3 is 0 Å². The van der Waals surface area contributed by atoms with Gasteiger partial charge in [0.1, 0.15) is 17.0 Å². The average Bonchev–Trinajstić information content (AvgIpc) is 3.04. The molecule has 5 heteroatoms. The summed E-state index contributed by atoms with van der Waals surface area (Å²) in [6.07, 6.45) is 1.45. The van der Waals surface area contributed by atoms with Crippen molar-refractivity contribution in [2.24, 2.45) is 11.1 Å². The monoisotopic (exact) mass is 279 g/mol. The molecule has 19 heavy (non-hydrogen) atoms. The predicted octanol–water partition coefficient (Wildman–Crippen LogP) is 3.67. The highest BCUT2D eigenvalue weighted by atomic mass is 35.5. The Balaban J connectivity index is 1.99. The van der Waals surface area contributed by atoms with Gasteiger partial charge in [0.15, 0.2) is 0 Å². The number of fused-ring (bicyclic) bond motifs is 1. The van der Waals surface area contributed by atoms with Crippen LogP contribution in [0.15, 0.2) is 17.3 Å². The van der Waals surface area contributed by atoms with Crippen molar-refractivity contribution in [3.8, 4) is 5.75 Å². The van der Waals surface area contributed by atoms with E-state index >= 15 is 0 Å². The summed E-state index contributed by atoms with van der Waals surface area (Å²) in [6, 6.07) is 3.63. The smallest absolute Gasteiger partial charge is 0.225 e. The summed E-state index contributed by atoms with van der Waals surface area (Å²) in [7, 11) is 0. The Morgan fingerprint density at radius 3 is 2.79 bits per heavy atom. The van der Waals surface area contributed by atoms with E-state index in [0.717, 1.165) is 23.3 Å². The summed E-state index contributed by atoms with van der Waals surface area (Å²) in [5.74, 6) is 0.616. The van der Waals surface area contributed by atoms with Gasteiger partial charge in [-0.1, -0.05) is 0 Å². The van der Waals surface area contributed by atoms with Gasteiger partial charge in [-0.15, -0.1) is 4.91 Å². The lowest BCUT2D eigenvalue weighted by Crippen LogP contribution is -2.24. The SMILES string of the molecule is CC1(C)Cc2cc(N=O)c([C@@H]3C[C@H]3C(=O)Cl)cc2O1. The second-order valence-corrected chi connectivity index (χ2v) is 6.27. The fourth-order valence-electron chi connectivity index (χ4n) is 2.82. The van der Waals surface area contributed by atoms with E-state index in [1.807, 2.05) is 19.9 Å². The van der Waals surface area contributed by atoms with Crippen LogP contribution in [0, 0.1) is 10.8 Å². The maximum absolute atomic E-state index is 11.2. The molecule has 1 aliphatic heterocycles. The second kappa shape index (κ2) is 4.04. The zero-order chi connectivity index (χ0) is 13.8. The molecule has 0 bridgehead atoms. The summed E-state index contributed by atoms with van der Waals surface area (Å²) < 4.78 is 5.85. The molecule has 2 atom stereocenters. The molecule has 0 unspecified atom stereocenters. The van der Waals surface area contributed by atoms with E-state index in [0.29, 0.717) is 12.1 Å². The molecule has 1 saturated carbocycles. The van der Waals surface area contributed by atoms with Crippen LogP contribution in [0.25, 0.3) is 0 Å². The van der Waals surface area contributed by atoms with Crippen LogP contribution in [0.2, 0.25) is 0 Å². The maximum Gasteiger partial charge on any atom is 0.225 e. The number of benzene rings is 1. The molecule has 1 aliphatic carbocycles. The van der Waals surface area contributed by atoms with Crippen LogP contribution >= 0.6 is 11.6 Å². The summed E-state index contributed by atoms with van der Waals surface area (Å²) >= 11 is 5.50. The molecule has 4 nitrogen and oxygen atoms in total. The van der Waals surface area contributed by atoms with Crippen LogP contribution < -0.4 is 4.74 Å². The Morgan fingerprint density at radius 1 is 1.47 bits per heavy atom. The molecule has 1 fully saturated rings. The van der Waals surface area contributed by atoms with Crippen LogP contribution in [-0.2, 0) is 11.2 Å². The number of hydrogen-bond acceptors (Lipinski definition) is 4. The Kier molecular flexibility index (Phi) is 2.68. The first kappa shape index (κ1) is 12.6. The molecule has 2 aliphatic rings. The van der Waals surface area contributed by atoms with Crippen molar-refractivity contribution in [3.05, 3.63) is 28.2 Å². The number of nitrogens with zero attached hydrogens (tertiary/aromatic N) is 1. The summed E-state index contributed by atoms with van der Waals surface area (Å²) in [5.41, 5.74) is 1.93. The standard InChI is InChI=1S/C14H14ClNO3/c1-14(2)6-7-3-11(16-18)9(5-12(7)19-14)8-4-10(8)13(15)17/h3,5,8,10H,4,6H2,1-2H3/t8-,10+/m0/s1. The molecule has 1 aromatic rings. The van der Waals surface area contributed by atoms with Gasteiger partial charge in [0, 0.05) is 17.9 Å². The molecule has 1 heterocycles. The van der Waals surface area contributed by atoms with Crippen LogP contribution in [0.3, 0.4) is 0 Å². The fraction of sp³-hybridized carbons (Fsp3) is 0.500. The third-order valence-corrected chi connectivity index (χ3v) is 4.07. The van der Waals surface area contributed by atoms with Crippen molar-refractivity contribution in [2.75, 3.05) is 0 Å². The van der Waals surface area contributed by atoms with Gasteiger partial charge in [0.05, 0.1) is 0 Å². The number of carbonyl (C=O) groups excluding carboxylic acids is 1. The van der Waals surface area contributed by atoms with Crippen LogP contribution in [-0.4, -0.2) is 10.8 Å². The van der Waals surface area contributed by atoms with Crippen LogP contribution in [0.5, 0.6) is 5.75 Å². The number of hydrogen-bond donors (Lipinski definition) is 0. The third kappa shape index (κ3) is 2.14. The van der Waals surface area contributed by atoms with E-state index in [-0.39, 0.29) is 22.7 Å². The predicted molar refractivity (Wildman–Crippen MR) is 72.0 cm³/mol. The first-order valence-corrected chi connectivity index (χ1v) is 6.67. The van der Waals surface area contributed by atoms with Crippen LogP contribution in [0.1, 0.15) is 37.3 Å². The van der Waals surface area contributed by atoms with Crippen molar-refractivity contribution < 1.29 is 9.53 Å². The first-order chi connectivity index (χ1) is 8.91. The van der Waals surface area contributed by atoms with Gasteiger partial charge in [-0.25, -0.2) is 0 Å². The first-order valence-electron chi connectivity index (χ1n) is 6.30. The zero-order valence-corrected chi connectivity index (χ0v) is 11.5. The van der Waals surface area contributed by atoms with Crippen molar-refractivity contribution in [1.82, 2.24) is 0 Å². The fourth-order valence-corrected chi connectivity index (χ4v) is 3.06. The van der Waals surface area contributed by atoms with Gasteiger partial charge in [-0.2, -0.15) is 0 Å².